The first-order chi connectivity index (χ1) is 14.9. The number of thiazole rings is 1. The second-order valence-corrected chi connectivity index (χ2v) is 8.12. The minimum atomic E-state index is -4.19. The van der Waals surface area contributed by atoms with Gasteiger partial charge in [-0.25, -0.2) is 14.6 Å². The second-order valence-electron chi connectivity index (χ2n) is 7.17. The zero-order chi connectivity index (χ0) is 21.8. The third kappa shape index (κ3) is 5.38. The number of aromatic nitrogens is 6. The van der Waals surface area contributed by atoms with E-state index >= 15 is 0 Å². The van der Waals surface area contributed by atoms with Gasteiger partial charge in [0, 0.05) is 24.4 Å². The Hall–Kier alpha value is -3.01. The lowest BCUT2D eigenvalue weighted by atomic mass is 10.1. The molecule has 4 aromatic rings. The van der Waals surface area contributed by atoms with Crippen molar-refractivity contribution in [3.63, 3.8) is 0 Å². The number of benzene rings is 1. The predicted molar refractivity (Wildman–Crippen MR) is 112 cm³/mol. The topological polar surface area (TPSA) is 72.3 Å². The van der Waals surface area contributed by atoms with Gasteiger partial charge in [-0.3, -0.25) is 5.10 Å². The molecule has 0 radical (unpaired) electrons. The fourth-order valence-electron chi connectivity index (χ4n) is 3.21. The van der Waals surface area contributed by atoms with E-state index in [0.717, 1.165) is 18.5 Å². The number of rotatable bonds is 8. The van der Waals surface area contributed by atoms with Gasteiger partial charge in [-0.05, 0) is 30.2 Å². The van der Waals surface area contributed by atoms with Crippen molar-refractivity contribution in [1.29, 1.82) is 0 Å². The Morgan fingerprint density at radius 1 is 1.06 bits per heavy atom. The number of halogens is 3. The highest BCUT2D eigenvalue weighted by Gasteiger charge is 2.27. The molecular weight excluding hydrogens is 425 g/mol. The first-order valence-electron chi connectivity index (χ1n) is 9.96. The Morgan fingerprint density at radius 3 is 2.55 bits per heavy atom. The van der Waals surface area contributed by atoms with E-state index in [2.05, 4.69) is 44.3 Å². The molecule has 162 valence electrons. The number of hydrogen-bond donors (Lipinski definition) is 1. The summed E-state index contributed by atoms with van der Waals surface area (Å²) in [5.41, 5.74) is 3.47. The number of nitrogens with one attached hydrogen (secondary N) is 1. The predicted octanol–water partition coefficient (Wildman–Crippen LogP) is 5.15. The fraction of sp³-hybridized carbons (Fsp3) is 0.333. The SMILES string of the molecule is CCCc1ccc(-n2nc(-c3ccn[nH]3)nc2Cc2csc(CCC(F)(F)F)n2)cc1. The van der Waals surface area contributed by atoms with Crippen LogP contribution in [0.4, 0.5) is 13.2 Å². The van der Waals surface area contributed by atoms with Gasteiger partial charge in [0.15, 0.2) is 5.82 Å². The molecule has 31 heavy (non-hydrogen) atoms. The molecule has 10 heteroatoms. The highest BCUT2D eigenvalue weighted by molar-refractivity contribution is 7.09. The Kier molecular flexibility index (Phi) is 6.17. The van der Waals surface area contributed by atoms with Crippen molar-refractivity contribution in [1.82, 2.24) is 29.9 Å². The van der Waals surface area contributed by atoms with Crippen LogP contribution in [0.5, 0.6) is 0 Å². The molecule has 1 N–H and O–H groups in total. The van der Waals surface area contributed by atoms with Gasteiger partial charge in [0.25, 0.3) is 0 Å². The van der Waals surface area contributed by atoms with Crippen LogP contribution in [-0.2, 0) is 19.3 Å². The summed E-state index contributed by atoms with van der Waals surface area (Å²) in [5.74, 6) is 1.15. The maximum atomic E-state index is 12.5. The Labute approximate surface area is 181 Å². The van der Waals surface area contributed by atoms with E-state index in [1.807, 2.05) is 12.1 Å². The number of alkyl halides is 3. The summed E-state index contributed by atoms with van der Waals surface area (Å²) in [4.78, 5) is 9.01. The van der Waals surface area contributed by atoms with Crippen LogP contribution in [0, 0.1) is 0 Å². The minimum Gasteiger partial charge on any atom is -0.275 e. The molecule has 0 aliphatic heterocycles. The molecule has 0 amide bonds. The fourth-order valence-corrected chi connectivity index (χ4v) is 4.01. The van der Waals surface area contributed by atoms with Gasteiger partial charge in [0.05, 0.1) is 22.8 Å². The highest BCUT2D eigenvalue weighted by Crippen LogP contribution is 2.25. The van der Waals surface area contributed by atoms with Crippen LogP contribution in [0.3, 0.4) is 0 Å². The van der Waals surface area contributed by atoms with E-state index < -0.39 is 12.6 Å². The number of nitrogens with zero attached hydrogens (tertiary/aromatic N) is 5. The number of hydrogen-bond acceptors (Lipinski definition) is 5. The van der Waals surface area contributed by atoms with E-state index in [4.69, 9.17) is 0 Å². The van der Waals surface area contributed by atoms with Gasteiger partial charge in [-0.15, -0.1) is 16.4 Å². The van der Waals surface area contributed by atoms with E-state index in [1.54, 1.807) is 22.3 Å². The van der Waals surface area contributed by atoms with Gasteiger partial charge in [-0.1, -0.05) is 25.5 Å². The largest absolute Gasteiger partial charge is 0.389 e. The molecule has 0 unspecified atom stereocenters. The molecule has 0 spiro atoms. The van der Waals surface area contributed by atoms with E-state index in [0.29, 0.717) is 34.5 Å². The molecule has 0 saturated carbocycles. The Bertz CT molecular complexity index is 1110. The van der Waals surface area contributed by atoms with E-state index in [1.165, 1.54) is 16.9 Å². The smallest absolute Gasteiger partial charge is 0.275 e. The van der Waals surface area contributed by atoms with Crippen molar-refractivity contribution in [3.05, 3.63) is 64.0 Å². The number of H-pyrrole nitrogens is 1. The monoisotopic (exact) mass is 446 g/mol. The summed E-state index contributed by atoms with van der Waals surface area (Å²) in [6.07, 6.45) is -1.11. The Balaban J connectivity index is 1.61. The first kappa shape index (κ1) is 21.2. The lowest BCUT2D eigenvalue weighted by molar-refractivity contribution is -0.134. The molecule has 0 bridgehead atoms. The summed E-state index contributed by atoms with van der Waals surface area (Å²) in [6.45, 7) is 2.14. The first-order valence-corrected chi connectivity index (χ1v) is 10.8. The molecule has 0 saturated heterocycles. The molecule has 1 aromatic carbocycles. The van der Waals surface area contributed by atoms with Gasteiger partial charge in [0.2, 0.25) is 0 Å². The molecule has 3 heterocycles. The lowest BCUT2D eigenvalue weighted by Gasteiger charge is -2.06. The molecule has 4 rings (SSSR count). The summed E-state index contributed by atoms with van der Waals surface area (Å²) in [7, 11) is 0. The van der Waals surface area contributed by atoms with Crippen molar-refractivity contribution in [2.45, 2.75) is 45.2 Å². The van der Waals surface area contributed by atoms with E-state index in [9.17, 15) is 13.2 Å². The molecule has 0 aliphatic carbocycles. The van der Waals surface area contributed by atoms with Crippen molar-refractivity contribution in [3.8, 4) is 17.2 Å². The van der Waals surface area contributed by atoms with Gasteiger partial charge in [0.1, 0.15) is 11.5 Å². The maximum Gasteiger partial charge on any atom is 0.389 e. The summed E-state index contributed by atoms with van der Waals surface area (Å²) in [6, 6.07) is 9.91. The minimum absolute atomic E-state index is 0.112. The summed E-state index contributed by atoms with van der Waals surface area (Å²) < 4.78 is 39.2. The third-order valence-corrected chi connectivity index (χ3v) is 5.65. The van der Waals surface area contributed by atoms with Crippen LogP contribution in [0.25, 0.3) is 17.2 Å². The van der Waals surface area contributed by atoms with E-state index in [-0.39, 0.29) is 6.42 Å². The zero-order valence-electron chi connectivity index (χ0n) is 16.9. The second kappa shape index (κ2) is 9.01. The average molecular weight is 447 g/mol. The third-order valence-electron chi connectivity index (χ3n) is 4.70. The summed E-state index contributed by atoms with van der Waals surface area (Å²) in [5, 5.41) is 13.7. The van der Waals surface area contributed by atoms with Crippen molar-refractivity contribution in [2.75, 3.05) is 0 Å². The molecule has 0 fully saturated rings. The van der Waals surface area contributed by atoms with Crippen LogP contribution in [0.15, 0.2) is 41.9 Å². The van der Waals surface area contributed by atoms with Crippen molar-refractivity contribution in [2.24, 2.45) is 0 Å². The average Bonchev–Trinajstić information content (AvgIpc) is 3.48. The van der Waals surface area contributed by atoms with Crippen molar-refractivity contribution < 1.29 is 13.2 Å². The molecule has 6 nitrogen and oxygen atoms in total. The van der Waals surface area contributed by atoms with Crippen LogP contribution < -0.4 is 0 Å². The molecule has 3 aromatic heterocycles. The molecule has 0 aliphatic rings. The van der Waals surface area contributed by atoms with Crippen molar-refractivity contribution >= 4 is 11.3 Å². The lowest BCUT2D eigenvalue weighted by Crippen LogP contribution is -2.08. The van der Waals surface area contributed by atoms with Gasteiger partial charge < -0.3 is 0 Å². The summed E-state index contributed by atoms with van der Waals surface area (Å²) >= 11 is 1.24. The standard InChI is InChI=1S/C21H21F3N6S/c1-2-3-14-4-6-16(7-5-14)30-18(27-20(29-30)17-9-11-25-28-17)12-15-13-31-19(26-15)8-10-21(22,23)24/h4-7,9,11,13H,2-3,8,10,12H2,1H3,(H,25,28). The van der Waals surface area contributed by atoms with Crippen LogP contribution >= 0.6 is 11.3 Å². The zero-order valence-corrected chi connectivity index (χ0v) is 17.7. The van der Waals surface area contributed by atoms with Crippen LogP contribution in [-0.4, -0.2) is 36.1 Å². The van der Waals surface area contributed by atoms with Gasteiger partial charge in [-0.2, -0.15) is 18.3 Å². The van der Waals surface area contributed by atoms with Crippen LogP contribution in [0.2, 0.25) is 0 Å². The maximum absolute atomic E-state index is 12.5. The highest BCUT2D eigenvalue weighted by atomic mass is 32.1. The quantitative estimate of drug-likeness (QED) is 0.406. The van der Waals surface area contributed by atoms with Gasteiger partial charge >= 0.3 is 6.18 Å². The number of aryl methyl sites for hydroxylation is 2. The Morgan fingerprint density at radius 2 is 1.87 bits per heavy atom. The molecular formula is C21H21F3N6S. The normalized spacial score (nSPS) is 11.9. The molecule has 0 atom stereocenters. The number of aromatic amines is 1. The van der Waals surface area contributed by atoms with Crippen LogP contribution in [0.1, 0.15) is 41.9 Å².